The summed E-state index contributed by atoms with van der Waals surface area (Å²) < 4.78 is 1.11. The van der Waals surface area contributed by atoms with Crippen LogP contribution in [0.5, 0.6) is 5.88 Å². The monoisotopic (exact) mass is 268 g/mol. The molecule has 0 unspecified atom stereocenters. The first-order valence-electron chi connectivity index (χ1n) is 6.12. The Labute approximate surface area is 113 Å². The van der Waals surface area contributed by atoms with Crippen molar-refractivity contribution < 1.29 is 5.11 Å². The second-order valence-electron chi connectivity index (χ2n) is 4.54. The molecule has 20 heavy (non-hydrogen) atoms. The molecule has 100 valence electrons. The molecule has 0 amide bonds. The smallest absolute Gasteiger partial charge is 0.335 e. The van der Waals surface area contributed by atoms with E-state index in [1.165, 1.54) is 6.92 Å². The van der Waals surface area contributed by atoms with Gasteiger partial charge in [-0.05, 0) is 18.4 Å². The van der Waals surface area contributed by atoms with Crippen molar-refractivity contribution in [1.29, 1.82) is 0 Å². The Bertz CT molecular complexity index is 917. The zero-order valence-electron chi connectivity index (χ0n) is 10.8. The highest BCUT2D eigenvalue weighted by Crippen LogP contribution is 2.24. The molecule has 1 aromatic heterocycles. The van der Waals surface area contributed by atoms with E-state index in [1.807, 2.05) is 30.3 Å². The number of aromatic amines is 1. The third-order valence-electron chi connectivity index (χ3n) is 3.32. The number of H-pyrrole nitrogens is 1. The van der Waals surface area contributed by atoms with Gasteiger partial charge < -0.3 is 5.11 Å². The minimum absolute atomic E-state index is 0.109. The molecule has 0 radical (unpaired) electrons. The van der Waals surface area contributed by atoms with E-state index in [-0.39, 0.29) is 11.4 Å². The standard InChI is InChI=1S/C15H12N2O3/c1-9-13(18)16-15(20)17(14(9)19)12-8-4-6-10-5-2-3-7-11(10)12/h2-8,19H,1H3,(H,16,18,20). The van der Waals surface area contributed by atoms with Crippen molar-refractivity contribution in [2.24, 2.45) is 0 Å². The maximum absolute atomic E-state index is 12.0. The lowest BCUT2D eigenvalue weighted by Crippen LogP contribution is -2.30. The number of hydrogen-bond donors (Lipinski definition) is 2. The first-order chi connectivity index (χ1) is 9.59. The highest BCUT2D eigenvalue weighted by atomic mass is 16.3. The predicted octanol–water partition coefficient (Wildman–Crippen LogP) is 1.69. The number of benzene rings is 2. The van der Waals surface area contributed by atoms with Gasteiger partial charge in [0.1, 0.15) is 0 Å². The van der Waals surface area contributed by atoms with Crippen molar-refractivity contribution in [1.82, 2.24) is 9.55 Å². The Morgan fingerprint density at radius 2 is 1.75 bits per heavy atom. The van der Waals surface area contributed by atoms with Crippen molar-refractivity contribution >= 4 is 10.8 Å². The molecule has 0 fully saturated rings. The van der Waals surface area contributed by atoms with Crippen LogP contribution >= 0.6 is 0 Å². The lowest BCUT2D eigenvalue weighted by atomic mass is 10.1. The largest absolute Gasteiger partial charge is 0.494 e. The van der Waals surface area contributed by atoms with Crippen LogP contribution in [-0.4, -0.2) is 14.7 Å². The molecule has 0 spiro atoms. The molecular formula is C15H12N2O3. The first-order valence-corrected chi connectivity index (χ1v) is 6.12. The van der Waals surface area contributed by atoms with E-state index in [2.05, 4.69) is 4.98 Å². The quantitative estimate of drug-likeness (QED) is 0.705. The van der Waals surface area contributed by atoms with Gasteiger partial charge in [-0.15, -0.1) is 0 Å². The SMILES string of the molecule is Cc1c(O)n(-c2cccc3ccccc23)c(=O)[nH]c1=O. The highest BCUT2D eigenvalue weighted by Gasteiger charge is 2.13. The maximum atomic E-state index is 12.0. The van der Waals surface area contributed by atoms with Crippen LogP contribution in [0.1, 0.15) is 5.56 Å². The molecule has 3 aromatic rings. The highest BCUT2D eigenvalue weighted by molar-refractivity contribution is 5.90. The summed E-state index contributed by atoms with van der Waals surface area (Å²) in [5.74, 6) is -0.338. The van der Waals surface area contributed by atoms with Crippen LogP contribution < -0.4 is 11.2 Å². The number of hydrogen-bond acceptors (Lipinski definition) is 3. The molecule has 0 aliphatic carbocycles. The zero-order chi connectivity index (χ0) is 14.3. The predicted molar refractivity (Wildman–Crippen MR) is 76.6 cm³/mol. The minimum atomic E-state index is -0.658. The van der Waals surface area contributed by atoms with Crippen LogP contribution in [0.2, 0.25) is 0 Å². The molecule has 2 aromatic carbocycles. The van der Waals surface area contributed by atoms with Crippen LogP contribution in [0.3, 0.4) is 0 Å². The Morgan fingerprint density at radius 1 is 1.05 bits per heavy atom. The summed E-state index contributed by atoms with van der Waals surface area (Å²) in [4.78, 5) is 25.7. The molecule has 3 rings (SSSR count). The third-order valence-corrected chi connectivity index (χ3v) is 3.32. The molecule has 5 heteroatoms. The summed E-state index contributed by atoms with van der Waals surface area (Å²) in [6, 6.07) is 13.0. The summed E-state index contributed by atoms with van der Waals surface area (Å²) in [7, 11) is 0. The third kappa shape index (κ3) is 1.72. The Balaban J connectivity index is 2.47. The maximum Gasteiger partial charge on any atom is 0.335 e. The number of rotatable bonds is 1. The van der Waals surface area contributed by atoms with E-state index in [0.29, 0.717) is 5.69 Å². The summed E-state index contributed by atoms with van der Waals surface area (Å²) in [6.07, 6.45) is 0. The first kappa shape index (κ1) is 12.2. The average molecular weight is 268 g/mol. The minimum Gasteiger partial charge on any atom is -0.494 e. The van der Waals surface area contributed by atoms with E-state index in [4.69, 9.17) is 0 Å². The summed E-state index contributed by atoms with van der Waals surface area (Å²) >= 11 is 0. The average Bonchev–Trinajstić information content (AvgIpc) is 2.45. The fourth-order valence-corrected chi connectivity index (χ4v) is 2.24. The number of aromatic hydroxyl groups is 1. The molecular weight excluding hydrogens is 256 g/mol. The number of nitrogens with one attached hydrogen (secondary N) is 1. The molecule has 1 heterocycles. The van der Waals surface area contributed by atoms with Gasteiger partial charge in [-0.3, -0.25) is 9.78 Å². The molecule has 5 nitrogen and oxygen atoms in total. The molecule has 0 saturated carbocycles. The van der Waals surface area contributed by atoms with Gasteiger partial charge >= 0.3 is 5.69 Å². The van der Waals surface area contributed by atoms with Crippen LogP contribution in [0.4, 0.5) is 0 Å². The van der Waals surface area contributed by atoms with E-state index >= 15 is 0 Å². The van der Waals surface area contributed by atoms with Crippen molar-refractivity contribution in [3.63, 3.8) is 0 Å². The Hall–Kier alpha value is -2.82. The number of fused-ring (bicyclic) bond motifs is 1. The molecule has 0 bridgehead atoms. The van der Waals surface area contributed by atoms with Gasteiger partial charge in [-0.1, -0.05) is 36.4 Å². The van der Waals surface area contributed by atoms with Crippen molar-refractivity contribution in [3.05, 3.63) is 68.9 Å². The van der Waals surface area contributed by atoms with Crippen LogP contribution in [0, 0.1) is 6.92 Å². The summed E-state index contributed by atoms with van der Waals surface area (Å²) in [5, 5.41) is 11.9. The van der Waals surface area contributed by atoms with E-state index in [1.54, 1.807) is 12.1 Å². The molecule has 0 atom stereocenters. The van der Waals surface area contributed by atoms with E-state index in [0.717, 1.165) is 15.3 Å². The lowest BCUT2D eigenvalue weighted by Gasteiger charge is -2.12. The van der Waals surface area contributed by atoms with Crippen molar-refractivity contribution in [3.8, 4) is 11.6 Å². The number of nitrogens with zero attached hydrogens (tertiary/aromatic N) is 1. The van der Waals surface area contributed by atoms with Crippen molar-refractivity contribution in [2.45, 2.75) is 6.92 Å². The normalized spacial score (nSPS) is 10.8. The molecule has 0 saturated heterocycles. The zero-order valence-corrected chi connectivity index (χ0v) is 10.8. The van der Waals surface area contributed by atoms with Crippen LogP contribution in [0.25, 0.3) is 16.5 Å². The topological polar surface area (TPSA) is 75.1 Å². The van der Waals surface area contributed by atoms with Gasteiger partial charge in [0.2, 0.25) is 5.88 Å². The fraction of sp³-hybridized carbons (Fsp3) is 0.0667. The second-order valence-corrected chi connectivity index (χ2v) is 4.54. The second kappa shape index (κ2) is 4.38. The van der Waals surface area contributed by atoms with Gasteiger partial charge in [-0.2, -0.15) is 0 Å². The van der Waals surface area contributed by atoms with Gasteiger partial charge in [0.25, 0.3) is 5.56 Å². The van der Waals surface area contributed by atoms with Crippen LogP contribution in [-0.2, 0) is 0 Å². The Kier molecular flexibility index (Phi) is 2.68. The van der Waals surface area contributed by atoms with E-state index < -0.39 is 11.2 Å². The summed E-state index contributed by atoms with van der Waals surface area (Å²) in [5.41, 5.74) is -0.596. The molecule has 0 aliphatic heterocycles. The van der Waals surface area contributed by atoms with Gasteiger partial charge in [-0.25, -0.2) is 9.36 Å². The Morgan fingerprint density at radius 3 is 2.55 bits per heavy atom. The molecule has 0 aliphatic rings. The number of aromatic nitrogens is 2. The lowest BCUT2D eigenvalue weighted by molar-refractivity contribution is 0.426. The molecule has 2 N–H and O–H groups in total. The van der Waals surface area contributed by atoms with Gasteiger partial charge in [0.15, 0.2) is 0 Å². The van der Waals surface area contributed by atoms with Gasteiger partial charge in [0.05, 0.1) is 11.3 Å². The van der Waals surface area contributed by atoms with Gasteiger partial charge in [0, 0.05) is 5.39 Å². The van der Waals surface area contributed by atoms with E-state index in [9.17, 15) is 14.7 Å². The van der Waals surface area contributed by atoms with Crippen molar-refractivity contribution in [2.75, 3.05) is 0 Å². The fourth-order valence-electron chi connectivity index (χ4n) is 2.24. The summed E-state index contributed by atoms with van der Waals surface area (Å²) in [6.45, 7) is 1.47. The van der Waals surface area contributed by atoms with Crippen LogP contribution in [0.15, 0.2) is 52.1 Å².